The third-order valence-corrected chi connectivity index (χ3v) is 5.51. The number of aryl methyl sites for hydroxylation is 1. The van der Waals surface area contributed by atoms with Crippen LogP contribution in [0, 0.1) is 0 Å². The van der Waals surface area contributed by atoms with Gasteiger partial charge < -0.3 is 10.1 Å². The fourth-order valence-corrected chi connectivity index (χ4v) is 3.90. The molecule has 0 fully saturated rings. The predicted octanol–water partition coefficient (Wildman–Crippen LogP) is 4.50. The van der Waals surface area contributed by atoms with Crippen LogP contribution in [0.5, 0.6) is 0 Å². The Labute approximate surface area is 167 Å². The van der Waals surface area contributed by atoms with Crippen LogP contribution in [-0.4, -0.2) is 29.0 Å². The molecule has 146 valence electrons. The lowest BCUT2D eigenvalue weighted by molar-refractivity contribution is -0.116. The van der Waals surface area contributed by atoms with Gasteiger partial charge in [0.1, 0.15) is 5.00 Å². The normalized spacial score (nSPS) is 10.8. The largest absolute Gasteiger partial charge is 0.462 e. The summed E-state index contributed by atoms with van der Waals surface area (Å²) in [4.78, 5) is 37.9. The summed E-state index contributed by atoms with van der Waals surface area (Å²) in [6, 6.07) is 11.2. The SMILES string of the molecule is CCOC(=O)c1cc(CC)sc1NC(=O)CCC(=O)n1ccc2ccccc21. The lowest BCUT2D eigenvalue weighted by Gasteiger charge is -2.07. The molecule has 3 aromatic rings. The van der Waals surface area contributed by atoms with Crippen molar-refractivity contribution in [2.75, 3.05) is 11.9 Å². The monoisotopic (exact) mass is 398 g/mol. The Morgan fingerprint density at radius 3 is 2.64 bits per heavy atom. The van der Waals surface area contributed by atoms with Crippen molar-refractivity contribution < 1.29 is 19.1 Å². The van der Waals surface area contributed by atoms with Crippen LogP contribution in [0.2, 0.25) is 0 Å². The van der Waals surface area contributed by atoms with Crippen LogP contribution in [0.25, 0.3) is 10.9 Å². The number of fused-ring (bicyclic) bond motifs is 1. The molecule has 0 radical (unpaired) electrons. The van der Waals surface area contributed by atoms with Crippen molar-refractivity contribution >= 4 is 45.0 Å². The standard InChI is InChI=1S/C21H22N2O4S/c1-3-15-13-16(21(26)27-4-2)20(28-15)22-18(24)9-10-19(25)23-12-11-14-7-5-6-8-17(14)23/h5-8,11-13H,3-4,9-10H2,1-2H3,(H,22,24). The maximum atomic E-state index is 12.5. The highest BCUT2D eigenvalue weighted by atomic mass is 32.1. The summed E-state index contributed by atoms with van der Waals surface area (Å²) in [7, 11) is 0. The summed E-state index contributed by atoms with van der Waals surface area (Å²) in [5.74, 6) is -0.911. The minimum atomic E-state index is -0.455. The second kappa shape index (κ2) is 8.84. The lowest BCUT2D eigenvalue weighted by Crippen LogP contribution is -2.17. The molecule has 0 aliphatic rings. The number of amides is 1. The zero-order valence-electron chi connectivity index (χ0n) is 15.9. The van der Waals surface area contributed by atoms with Gasteiger partial charge in [-0.25, -0.2) is 4.79 Å². The van der Waals surface area contributed by atoms with E-state index in [-0.39, 0.29) is 31.3 Å². The summed E-state index contributed by atoms with van der Waals surface area (Å²) in [5, 5.41) is 4.21. The average Bonchev–Trinajstić information content (AvgIpc) is 3.30. The number of thiophene rings is 1. The van der Waals surface area contributed by atoms with Gasteiger partial charge in [0.2, 0.25) is 11.8 Å². The number of hydrogen-bond acceptors (Lipinski definition) is 5. The van der Waals surface area contributed by atoms with Crippen molar-refractivity contribution in [3.63, 3.8) is 0 Å². The number of hydrogen-bond donors (Lipinski definition) is 1. The van der Waals surface area contributed by atoms with Crippen molar-refractivity contribution in [1.82, 2.24) is 4.57 Å². The molecule has 7 heteroatoms. The van der Waals surface area contributed by atoms with Crippen LogP contribution in [0.15, 0.2) is 42.6 Å². The fraction of sp³-hybridized carbons (Fsp3) is 0.286. The minimum absolute atomic E-state index is 0.0347. The first-order valence-corrected chi connectivity index (χ1v) is 10.0. The highest BCUT2D eigenvalue weighted by Gasteiger charge is 2.19. The van der Waals surface area contributed by atoms with Crippen LogP contribution in [0.3, 0.4) is 0 Å². The number of aromatic nitrogens is 1. The average molecular weight is 398 g/mol. The Morgan fingerprint density at radius 1 is 1.11 bits per heavy atom. The number of carbonyl (C=O) groups is 3. The van der Waals surface area contributed by atoms with E-state index in [1.54, 1.807) is 23.8 Å². The van der Waals surface area contributed by atoms with E-state index in [2.05, 4.69) is 5.32 Å². The van der Waals surface area contributed by atoms with E-state index in [0.29, 0.717) is 10.6 Å². The van der Waals surface area contributed by atoms with E-state index in [9.17, 15) is 14.4 Å². The second-order valence-corrected chi connectivity index (χ2v) is 7.35. The molecular formula is C21H22N2O4S. The van der Waals surface area contributed by atoms with E-state index >= 15 is 0 Å². The smallest absolute Gasteiger partial charge is 0.341 e. The van der Waals surface area contributed by atoms with Gasteiger partial charge in [-0.15, -0.1) is 11.3 Å². The molecule has 0 saturated carbocycles. The number of carbonyl (C=O) groups excluding carboxylic acids is 3. The molecule has 2 aromatic heterocycles. The van der Waals surface area contributed by atoms with Gasteiger partial charge >= 0.3 is 5.97 Å². The molecular weight excluding hydrogens is 376 g/mol. The molecule has 0 saturated heterocycles. The first-order valence-electron chi connectivity index (χ1n) is 9.22. The van der Waals surface area contributed by atoms with Crippen molar-refractivity contribution in [1.29, 1.82) is 0 Å². The minimum Gasteiger partial charge on any atom is -0.462 e. The molecule has 2 heterocycles. The first kappa shape index (κ1) is 19.8. The predicted molar refractivity (Wildman–Crippen MR) is 110 cm³/mol. The third kappa shape index (κ3) is 4.31. The van der Waals surface area contributed by atoms with Gasteiger partial charge in [0, 0.05) is 29.3 Å². The fourth-order valence-electron chi connectivity index (χ4n) is 2.90. The molecule has 0 atom stereocenters. The van der Waals surface area contributed by atoms with E-state index in [1.807, 2.05) is 37.3 Å². The summed E-state index contributed by atoms with van der Waals surface area (Å²) < 4.78 is 6.62. The second-order valence-electron chi connectivity index (χ2n) is 6.22. The molecule has 28 heavy (non-hydrogen) atoms. The van der Waals surface area contributed by atoms with E-state index in [0.717, 1.165) is 22.2 Å². The van der Waals surface area contributed by atoms with Crippen LogP contribution in [0.1, 0.15) is 46.7 Å². The number of ether oxygens (including phenoxy) is 1. The maximum absolute atomic E-state index is 12.5. The van der Waals surface area contributed by atoms with Crippen LogP contribution in [-0.2, 0) is 16.0 Å². The summed E-state index contributed by atoms with van der Waals surface area (Å²) in [5.41, 5.74) is 1.18. The number of rotatable bonds is 7. The third-order valence-electron chi connectivity index (χ3n) is 4.31. The molecule has 0 bridgehead atoms. The van der Waals surface area contributed by atoms with E-state index in [1.165, 1.54) is 11.3 Å². The van der Waals surface area contributed by atoms with Gasteiger partial charge in [-0.2, -0.15) is 0 Å². The van der Waals surface area contributed by atoms with Gasteiger partial charge in [-0.05, 0) is 31.5 Å². The Bertz CT molecular complexity index is 1020. The van der Waals surface area contributed by atoms with Crippen LogP contribution < -0.4 is 5.32 Å². The number of esters is 1. The van der Waals surface area contributed by atoms with Crippen molar-refractivity contribution in [2.24, 2.45) is 0 Å². The number of anilines is 1. The summed E-state index contributed by atoms with van der Waals surface area (Å²) in [6.07, 6.45) is 2.58. The van der Waals surface area contributed by atoms with E-state index in [4.69, 9.17) is 4.74 Å². The molecule has 1 aromatic carbocycles. The molecule has 0 aliphatic heterocycles. The first-order chi connectivity index (χ1) is 13.5. The van der Waals surface area contributed by atoms with Gasteiger partial charge in [-0.3, -0.25) is 14.2 Å². The Hall–Kier alpha value is -2.93. The number of nitrogens with one attached hydrogen (secondary N) is 1. The number of benzene rings is 1. The van der Waals surface area contributed by atoms with Crippen LogP contribution >= 0.6 is 11.3 Å². The molecule has 0 unspecified atom stereocenters. The van der Waals surface area contributed by atoms with Crippen molar-refractivity contribution in [3.8, 4) is 0 Å². The zero-order chi connectivity index (χ0) is 20.1. The Morgan fingerprint density at radius 2 is 1.89 bits per heavy atom. The summed E-state index contributed by atoms with van der Waals surface area (Å²) in [6.45, 7) is 3.98. The summed E-state index contributed by atoms with van der Waals surface area (Å²) >= 11 is 1.35. The van der Waals surface area contributed by atoms with Gasteiger partial charge in [0.15, 0.2) is 0 Å². The quantitative estimate of drug-likeness (QED) is 0.595. The Balaban J connectivity index is 1.65. The molecule has 1 N–H and O–H groups in total. The lowest BCUT2D eigenvalue weighted by atomic mass is 10.2. The maximum Gasteiger partial charge on any atom is 0.341 e. The topological polar surface area (TPSA) is 77.4 Å². The molecule has 0 spiro atoms. The Kier molecular flexibility index (Phi) is 6.26. The molecule has 3 rings (SSSR count). The molecule has 1 amide bonds. The van der Waals surface area contributed by atoms with Crippen molar-refractivity contribution in [3.05, 3.63) is 53.0 Å². The van der Waals surface area contributed by atoms with Gasteiger partial charge in [0.25, 0.3) is 0 Å². The van der Waals surface area contributed by atoms with Gasteiger partial charge in [0.05, 0.1) is 17.7 Å². The highest BCUT2D eigenvalue weighted by molar-refractivity contribution is 7.16. The van der Waals surface area contributed by atoms with Gasteiger partial charge in [-0.1, -0.05) is 25.1 Å². The highest BCUT2D eigenvalue weighted by Crippen LogP contribution is 2.29. The molecule has 0 aliphatic carbocycles. The van der Waals surface area contributed by atoms with E-state index < -0.39 is 5.97 Å². The zero-order valence-corrected chi connectivity index (χ0v) is 16.7. The number of nitrogens with zero attached hydrogens (tertiary/aromatic N) is 1. The van der Waals surface area contributed by atoms with Crippen LogP contribution in [0.4, 0.5) is 5.00 Å². The van der Waals surface area contributed by atoms with Crippen molar-refractivity contribution in [2.45, 2.75) is 33.1 Å². The number of para-hydroxylation sites is 1. The molecule has 6 nitrogen and oxygen atoms in total.